The molecular formula is C20H30N2O. The number of hydrogen-bond donors (Lipinski definition) is 1. The van der Waals surface area contributed by atoms with E-state index in [-0.39, 0.29) is 0 Å². The van der Waals surface area contributed by atoms with Crippen molar-refractivity contribution >= 4 is 17.2 Å². The average Bonchev–Trinajstić information content (AvgIpc) is 2.54. The van der Waals surface area contributed by atoms with Gasteiger partial charge in [-0.05, 0) is 48.4 Å². The van der Waals surface area contributed by atoms with Crippen molar-refractivity contribution in [2.75, 3.05) is 24.3 Å². The highest BCUT2D eigenvalue weighted by Gasteiger charge is 2.33. The Bertz CT molecular complexity index is 570. The lowest BCUT2D eigenvalue weighted by atomic mass is 9.68. The highest BCUT2D eigenvalue weighted by molar-refractivity contribution is 5.96. The number of carbonyl (C=O) groups is 1. The minimum atomic E-state index is 0.297. The third kappa shape index (κ3) is 4.37. The number of Topliss-reactive ketones (excluding diaryl/α,β-unsaturated/α-hetero) is 1. The molecule has 1 atom stereocenters. The van der Waals surface area contributed by atoms with Crippen molar-refractivity contribution < 1.29 is 4.79 Å². The summed E-state index contributed by atoms with van der Waals surface area (Å²) in [5.74, 6) is 0.889. The van der Waals surface area contributed by atoms with E-state index in [1.165, 1.54) is 5.69 Å². The van der Waals surface area contributed by atoms with Gasteiger partial charge in [-0.2, -0.15) is 0 Å². The van der Waals surface area contributed by atoms with Crippen LogP contribution in [-0.2, 0) is 4.79 Å². The number of nitrogens with zero attached hydrogens (tertiary/aromatic N) is 1. The van der Waals surface area contributed by atoms with Gasteiger partial charge in [-0.3, -0.25) is 4.79 Å². The van der Waals surface area contributed by atoms with Crippen molar-refractivity contribution in [1.29, 1.82) is 0 Å². The van der Waals surface area contributed by atoms with E-state index in [1.54, 1.807) is 0 Å². The van der Waals surface area contributed by atoms with Crippen LogP contribution in [0.25, 0.3) is 0 Å². The normalized spacial score (nSPS) is 20.7. The van der Waals surface area contributed by atoms with Crippen molar-refractivity contribution in [2.45, 2.75) is 46.5 Å². The fraction of sp³-hybridized carbons (Fsp3) is 0.550. The van der Waals surface area contributed by atoms with Crippen LogP contribution in [0.1, 0.15) is 46.5 Å². The molecule has 1 aliphatic carbocycles. The van der Waals surface area contributed by atoms with E-state index in [1.807, 2.05) is 32.4 Å². The van der Waals surface area contributed by atoms with Gasteiger partial charge in [0, 0.05) is 43.7 Å². The van der Waals surface area contributed by atoms with Crippen molar-refractivity contribution in [3.63, 3.8) is 0 Å². The number of carbonyl (C=O) groups excluding carboxylic acids is 1. The molecule has 3 nitrogen and oxygen atoms in total. The van der Waals surface area contributed by atoms with Gasteiger partial charge >= 0.3 is 0 Å². The molecule has 3 heteroatoms. The summed E-state index contributed by atoms with van der Waals surface area (Å²) in [4.78, 5) is 14.3. The van der Waals surface area contributed by atoms with E-state index in [2.05, 4.69) is 43.1 Å². The molecule has 1 aliphatic rings. The number of ketones is 1. The molecular weight excluding hydrogens is 284 g/mol. The first-order chi connectivity index (χ1) is 10.8. The molecule has 0 spiro atoms. The molecule has 0 radical (unpaired) electrons. The summed E-state index contributed by atoms with van der Waals surface area (Å²) in [6.45, 7) is 6.88. The van der Waals surface area contributed by atoms with Crippen LogP contribution in [0.4, 0.5) is 11.4 Å². The Morgan fingerprint density at radius 2 is 1.91 bits per heavy atom. The molecule has 0 bridgehead atoms. The number of nitrogens with one attached hydrogen (secondary N) is 1. The van der Waals surface area contributed by atoms with Crippen LogP contribution in [0.15, 0.2) is 36.0 Å². The van der Waals surface area contributed by atoms with Gasteiger partial charge in [-0.1, -0.05) is 27.2 Å². The third-order valence-electron chi connectivity index (χ3n) is 5.36. The minimum Gasteiger partial charge on any atom is -0.378 e. The molecule has 1 aromatic rings. The zero-order valence-electron chi connectivity index (χ0n) is 15.1. The van der Waals surface area contributed by atoms with Crippen LogP contribution >= 0.6 is 0 Å². The number of anilines is 2. The summed E-state index contributed by atoms with van der Waals surface area (Å²) in [6.07, 6.45) is 5.67. The minimum absolute atomic E-state index is 0.297. The van der Waals surface area contributed by atoms with E-state index in [0.717, 1.165) is 30.5 Å². The second kappa shape index (κ2) is 7.20. The fourth-order valence-corrected chi connectivity index (χ4v) is 3.07. The number of allylic oxidation sites excluding steroid dienone is 1. The maximum atomic E-state index is 12.2. The average molecular weight is 314 g/mol. The molecule has 0 aliphatic heterocycles. The molecule has 1 aromatic carbocycles. The van der Waals surface area contributed by atoms with E-state index in [9.17, 15) is 4.79 Å². The molecule has 0 aromatic heterocycles. The van der Waals surface area contributed by atoms with Gasteiger partial charge < -0.3 is 10.2 Å². The summed E-state index contributed by atoms with van der Waals surface area (Å²) >= 11 is 0. The summed E-state index contributed by atoms with van der Waals surface area (Å²) < 4.78 is 0. The Morgan fingerprint density at radius 1 is 1.26 bits per heavy atom. The zero-order chi connectivity index (χ0) is 17.0. The molecule has 1 fully saturated rings. The quantitative estimate of drug-likeness (QED) is 0.788. The summed E-state index contributed by atoms with van der Waals surface area (Å²) in [7, 11) is 4.06. The number of rotatable bonds is 5. The molecule has 0 unspecified atom stereocenters. The topological polar surface area (TPSA) is 32.3 Å². The Hall–Kier alpha value is -1.77. The molecule has 126 valence electrons. The predicted octanol–water partition coefficient (Wildman–Crippen LogP) is 4.85. The van der Waals surface area contributed by atoms with Crippen LogP contribution in [0.3, 0.4) is 0 Å². The van der Waals surface area contributed by atoms with Crippen LogP contribution in [0, 0.1) is 11.3 Å². The van der Waals surface area contributed by atoms with Gasteiger partial charge in [-0.15, -0.1) is 0 Å². The highest BCUT2D eigenvalue weighted by atomic mass is 16.1. The first kappa shape index (κ1) is 17.6. The molecule has 23 heavy (non-hydrogen) atoms. The summed E-state index contributed by atoms with van der Waals surface area (Å²) in [6, 6.07) is 8.25. The number of hydrogen-bond acceptors (Lipinski definition) is 3. The smallest absolute Gasteiger partial charge is 0.160 e. The standard InChI is InChI=1S/C20H30N2O/c1-6-20(2,3)16-7-12-19(23)15(13-16)14-21-17-8-10-18(11-9-17)22(4)5/h8-11,14,16,21H,6-7,12-13H2,1-5H3/b15-14+/t16-/m0/s1. The van der Waals surface area contributed by atoms with Gasteiger partial charge in [0.1, 0.15) is 0 Å². The summed E-state index contributed by atoms with van der Waals surface area (Å²) in [5, 5.41) is 3.30. The second-order valence-corrected chi connectivity index (χ2v) is 7.46. The van der Waals surface area contributed by atoms with Gasteiger partial charge in [0.05, 0.1) is 0 Å². The zero-order valence-corrected chi connectivity index (χ0v) is 15.1. The van der Waals surface area contributed by atoms with Crippen molar-refractivity contribution in [1.82, 2.24) is 0 Å². The predicted molar refractivity (Wildman–Crippen MR) is 98.9 cm³/mol. The first-order valence-corrected chi connectivity index (χ1v) is 8.59. The van der Waals surface area contributed by atoms with E-state index in [0.29, 0.717) is 23.5 Å². The van der Waals surface area contributed by atoms with Crippen molar-refractivity contribution in [3.05, 3.63) is 36.0 Å². The Kier molecular flexibility index (Phi) is 5.51. The van der Waals surface area contributed by atoms with Crippen molar-refractivity contribution in [2.24, 2.45) is 11.3 Å². The Morgan fingerprint density at radius 3 is 2.48 bits per heavy atom. The maximum Gasteiger partial charge on any atom is 0.160 e. The van der Waals surface area contributed by atoms with Gasteiger partial charge in [-0.25, -0.2) is 0 Å². The first-order valence-electron chi connectivity index (χ1n) is 8.59. The van der Waals surface area contributed by atoms with Crippen LogP contribution < -0.4 is 10.2 Å². The molecule has 0 heterocycles. The van der Waals surface area contributed by atoms with E-state index >= 15 is 0 Å². The molecule has 0 amide bonds. The molecule has 1 saturated carbocycles. The van der Waals surface area contributed by atoms with Gasteiger partial charge in [0.2, 0.25) is 0 Å². The monoisotopic (exact) mass is 314 g/mol. The van der Waals surface area contributed by atoms with Crippen molar-refractivity contribution in [3.8, 4) is 0 Å². The Labute approximate surface area is 140 Å². The lowest BCUT2D eigenvalue weighted by Gasteiger charge is -2.36. The fourth-order valence-electron chi connectivity index (χ4n) is 3.07. The second-order valence-electron chi connectivity index (χ2n) is 7.46. The molecule has 1 N–H and O–H groups in total. The lowest BCUT2D eigenvalue weighted by molar-refractivity contribution is -0.117. The highest BCUT2D eigenvalue weighted by Crippen LogP contribution is 2.41. The van der Waals surface area contributed by atoms with Gasteiger partial charge in [0.25, 0.3) is 0 Å². The lowest BCUT2D eigenvalue weighted by Crippen LogP contribution is -2.29. The van der Waals surface area contributed by atoms with Crippen LogP contribution in [0.2, 0.25) is 0 Å². The van der Waals surface area contributed by atoms with Crippen LogP contribution in [0.5, 0.6) is 0 Å². The van der Waals surface area contributed by atoms with E-state index < -0.39 is 0 Å². The SMILES string of the molecule is CCC(C)(C)[C@H]1CCC(=O)/C(=C/Nc2ccc(N(C)C)cc2)C1. The maximum absolute atomic E-state index is 12.2. The van der Waals surface area contributed by atoms with Crippen LogP contribution in [-0.4, -0.2) is 19.9 Å². The summed E-state index contributed by atoms with van der Waals surface area (Å²) in [5.41, 5.74) is 3.43. The Balaban J connectivity index is 2.06. The molecule has 2 rings (SSSR count). The largest absolute Gasteiger partial charge is 0.378 e. The number of benzene rings is 1. The van der Waals surface area contributed by atoms with Gasteiger partial charge in [0.15, 0.2) is 5.78 Å². The molecule has 0 saturated heterocycles. The third-order valence-corrected chi connectivity index (χ3v) is 5.36. The van der Waals surface area contributed by atoms with E-state index in [4.69, 9.17) is 0 Å².